The average Bonchev–Trinajstić information content (AvgIpc) is 2.81. The molecule has 0 unspecified atom stereocenters. The SMILES string of the molecule is O=C(NC1(C(F)(F)F)CC1)c1ccc(Br)o1. The third kappa shape index (κ3) is 1.95. The van der Waals surface area contributed by atoms with Gasteiger partial charge in [-0.05, 0) is 40.9 Å². The number of hydrogen-bond acceptors (Lipinski definition) is 2. The van der Waals surface area contributed by atoms with Crippen molar-refractivity contribution in [3.63, 3.8) is 0 Å². The highest BCUT2D eigenvalue weighted by atomic mass is 79.9. The van der Waals surface area contributed by atoms with Crippen LogP contribution in [0.3, 0.4) is 0 Å². The van der Waals surface area contributed by atoms with Crippen molar-refractivity contribution in [2.24, 2.45) is 0 Å². The molecule has 16 heavy (non-hydrogen) atoms. The van der Waals surface area contributed by atoms with Crippen LogP contribution in [0.2, 0.25) is 0 Å². The van der Waals surface area contributed by atoms with E-state index in [1.54, 1.807) is 0 Å². The molecule has 1 aliphatic rings. The van der Waals surface area contributed by atoms with Crippen LogP contribution in [0.5, 0.6) is 0 Å². The first-order valence-corrected chi connectivity index (χ1v) is 5.28. The molecule has 88 valence electrons. The van der Waals surface area contributed by atoms with E-state index in [-0.39, 0.29) is 18.6 Å². The molecular formula is C9H7BrF3NO2. The Balaban J connectivity index is 2.09. The van der Waals surface area contributed by atoms with E-state index in [9.17, 15) is 18.0 Å². The third-order valence-corrected chi connectivity index (χ3v) is 2.87. The summed E-state index contributed by atoms with van der Waals surface area (Å²) in [6, 6.07) is 2.76. The molecule has 2 rings (SSSR count). The van der Waals surface area contributed by atoms with Gasteiger partial charge in [-0.2, -0.15) is 13.2 Å². The second-order valence-electron chi connectivity index (χ2n) is 3.64. The summed E-state index contributed by atoms with van der Waals surface area (Å²) in [6.45, 7) is 0. The van der Waals surface area contributed by atoms with Gasteiger partial charge in [-0.25, -0.2) is 0 Å². The van der Waals surface area contributed by atoms with Crippen molar-refractivity contribution < 1.29 is 22.4 Å². The number of hydrogen-bond donors (Lipinski definition) is 1. The van der Waals surface area contributed by atoms with Crippen LogP contribution in [0.15, 0.2) is 21.2 Å². The minimum absolute atomic E-state index is 0.0792. The molecule has 0 radical (unpaired) electrons. The summed E-state index contributed by atoms with van der Waals surface area (Å²) in [5, 5.41) is 1.96. The van der Waals surface area contributed by atoms with E-state index >= 15 is 0 Å². The molecule has 1 aromatic rings. The predicted molar refractivity (Wildman–Crippen MR) is 51.9 cm³/mol. The molecule has 0 aliphatic heterocycles. The van der Waals surface area contributed by atoms with Crippen LogP contribution in [0.1, 0.15) is 23.4 Å². The Hall–Kier alpha value is -0.980. The molecule has 7 heteroatoms. The zero-order valence-electron chi connectivity index (χ0n) is 7.90. The fraction of sp³-hybridized carbons (Fsp3) is 0.444. The largest absolute Gasteiger partial charge is 0.444 e. The van der Waals surface area contributed by atoms with Crippen LogP contribution < -0.4 is 5.32 Å². The maximum Gasteiger partial charge on any atom is 0.411 e. The van der Waals surface area contributed by atoms with Gasteiger partial charge in [0.05, 0.1) is 0 Å². The van der Waals surface area contributed by atoms with Gasteiger partial charge in [-0.1, -0.05) is 0 Å². The predicted octanol–water partition coefficient (Wildman–Crippen LogP) is 2.87. The highest BCUT2D eigenvalue weighted by Crippen LogP contribution is 2.49. The topological polar surface area (TPSA) is 42.2 Å². The van der Waals surface area contributed by atoms with Gasteiger partial charge in [0.2, 0.25) is 0 Å². The molecule has 1 fully saturated rings. The van der Waals surface area contributed by atoms with Crippen molar-refractivity contribution in [2.75, 3.05) is 0 Å². The number of halogens is 4. The van der Waals surface area contributed by atoms with Crippen LogP contribution in [0, 0.1) is 0 Å². The van der Waals surface area contributed by atoms with Crippen molar-refractivity contribution in [1.82, 2.24) is 5.32 Å². The van der Waals surface area contributed by atoms with E-state index in [0.29, 0.717) is 4.67 Å². The molecular weight excluding hydrogens is 291 g/mol. The summed E-state index contributed by atoms with van der Waals surface area (Å²) >= 11 is 2.97. The minimum Gasteiger partial charge on any atom is -0.444 e. The number of rotatable bonds is 2. The van der Waals surface area contributed by atoms with Crippen LogP contribution in [-0.4, -0.2) is 17.6 Å². The van der Waals surface area contributed by atoms with E-state index in [4.69, 9.17) is 4.42 Å². The van der Waals surface area contributed by atoms with Crippen LogP contribution in [0.4, 0.5) is 13.2 Å². The van der Waals surface area contributed by atoms with E-state index in [0.717, 1.165) is 0 Å². The Labute approximate surface area is 97.1 Å². The first-order chi connectivity index (χ1) is 7.34. The molecule has 0 bridgehead atoms. The van der Waals surface area contributed by atoms with Gasteiger partial charge in [0.1, 0.15) is 5.54 Å². The number of carbonyl (C=O) groups is 1. The zero-order chi connectivity index (χ0) is 12.0. The highest BCUT2D eigenvalue weighted by Gasteiger charge is 2.64. The maximum absolute atomic E-state index is 12.5. The van der Waals surface area contributed by atoms with Crippen molar-refractivity contribution in [3.05, 3.63) is 22.6 Å². The van der Waals surface area contributed by atoms with Crippen molar-refractivity contribution in [2.45, 2.75) is 24.6 Å². The molecule has 0 spiro atoms. The first-order valence-electron chi connectivity index (χ1n) is 4.49. The molecule has 1 aliphatic carbocycles. The van der Waals surface area contributed by atoms with Crippen molar-refractivity contribution in [1.29, 1.82) is 0 Å². The molecule has 1 saturated carbocycles. The van der Waals surface area contributed by atoms with Crippen molar-refractivity contribution in [3.8, 4) is 0 Å². The van der Waals surface area contributed by atoms with Gasteiger partial charge in [-0.3, -0.25) is 4.79 Å². The molecule has 3 nitrogen and oxygen atoms in total. The molecule has 0 aromatic carbocycles. The molecule has 1 heterocycles. The van der Waals surface area contributed by atoms with E-state index in [1.807, 2.05) is 5.32 Å². The average molecular weight is 298 g/mol. The second kappa shape index (κ2) is 3.51. The standard InChI is InChI=1S/C9H7BrF3NO2/c10-6-2-1-5(16-6)7(15)14-8(3-4-8)9(11,12)13/h1-2H,3-4H2,(H,14,15). The Bertz CT molecular complexity index is 423. The number of nitrogens with one attached hydrogen (secondary N) is 1. The Kier molecular flexibility index (Phi) is 2.52. The highest BCUT2D eigenvalue weighted by molar-refractivity contribution is 9.10. The van der Waals surface area contributed by atoms with Gasteiger partial charge in [0.15, 0.2) is 10.4 Å². The Morgan fingerprint density at radius 3 is 2.44 bits per heavy atom. The van der Waals surface area contributed by atoms with Crippen LogP contribution in [-0.2, 0) is 0 Å². The second-order valence-corrected chi connectivity index (χ2v) is 4.42. The fourth-order valence-electron chi connectivity index (χ4n) is 1.32. The monoisotopic (exact) mass is 297 g/mol. The van der Waals surface area contributed by atoms with Crippen molar-refractivity contribution >= 4 is 21.8 Å². The lowest BCUT2D eigenvalue weighted by atomic mass is 10.2. The number of amides is 1. The summed E-state index contributed by atoms with van der Waals surface area (Å²) in [7, 11) is 0. The van der Waals surface area contributed by atoms with Crippen LogP contribution in [0.25, 0.3) is 0 Å². The van der Waals surface area contributed by atoms with E-state index in [2.05, 4.69) is 15.9 Å². The summed E-state index contributed by atoms with van der Waals surface area (Å²) in [4.78, 5) is 11.4. The third-order valence-electron chi connectivity index (χ3n) is 2.44. The van der Waals surface area contributed by atoms with E-state index in [1.165, 1.54) is 12.1 Å². The fourth-order valence-corrected chi connectivity index (χ4v) is 1.63. The quantitative estimate of drug-likeness (QED) is 0.912. The molecule has 1 aromatic heterocycles. The van der Waals surface area contributed by atoms with Gasteiger partial charge in [0.25, 0.3) is 5.91 Å². The summed E-state index contributed by atoms with van der Waals surface area (Å²) in [5.41, 5.74) is -2.05. The lowest BCUT2D eigenvalue weighted by molar-refractivity contribution is -0.163. The maximum atomic E-state index is 12.5. The lowest BCUT2D eigenvalue weighted by Crippen LogP contribution is -2.47. The number of alkyl halides is 3. The van der Waals surface area contributed by atoms with Gasteiger partial charge >= 0.3 is 6.18 Å². The van der Waals surface area contributed by atoms with Gasteiger partial charge in [0, 0.05) is 0 Å². The summed E-state index contributed by atoms with van der Waals surface area (Å²) in [5.74, 6) is -0.983. The molecule has 1 N–H and O–H groups in total. The number of carbonyl (C=O) groups excluding carboxylic acids is 1. The normalized spacial score (nSPS) is 18.2. The molecule has 0 atom stereocenters. The molecule has 0 saturated heterocycles. The Morgan fingerprint density at radius 1 is 1.44 bits per heavy atom. The lowest BCUT2D eigenvalue weighted by Gasteiger charge is -2.19. The summed E-state index contributed by atoms with van der Waals surface area (Å²) < 4.78 is 42.7. The van der Waals surface area contributed by atoms with Gasteiger partial charge in [-0.15, -0.1) is 0 Å². The minimum atomic E-state index is -4.41. The van der Waals surface area contributed by atoms with Crippen LogP contribution >= 0.6 is 15.9 Å². The first kappa shape index (κ1) is 11.5. The molecule has 1 amide bonds. The summed E-state index contributed by atoms with van der Waals surface area (Å²) in [6.07, 6.45) is -4.57. The zero-order valence-corrected chi connectivity index (χ0v) is 9.48. The number of furan rings is 1. The van der Waals surface area contributed by atoms with E-state index < -0.39 is 17.6 Å². The Morgan fingerprint density at radius 2 is 2.06 bits per heavy atom. The van der Waals surface area contributed by atoms with Gasteiger partial charge < -0.3 is 9.73 Å². The smallest absolute Gasteiger partial charge is 0.411 e.